The van der Waals surface area contributed by atoms with Crippen LogP contribution < -0.4 is 16.0 Å². The van der Waals surface area contributed by atoms with Crippen LogP contribution in [0, 0.1) is 17.8 Å². The summed E-state index contributed by atoms with van der Waals surface area (Å²) in [6.07, 6.45) is 0.0405. The molecule has 0 spiro atoms. The van der Waals surface area contributed by atoms with Gasteiger partial charge in [0.2, 0.25) is 23.6 Å². The maximum atomic E-state index is 13.7. The standard InChI is InChI=1S/C28H47N5O7/c1-15(2)14-20-27(38)33-13-9-10-19(33)25(36)31-22(16(3)4)28(39)32(8)23(17(5)6)26(37)30-18(7)24(35)29-12-11-21(34)40-20/h15-20,22-23H,9-14H2,1-8H3,(H,29,35)(H,30,37)(H,31,36)/t18-,19-,20+,22-,23-/m0/s1. The summed E-state index contributed by atoms with van der Waals surface area (Å²) in [5.74, 6) is -3.60. The predicted octanol–water partition coefficient (Wildman–Crippen LogP) is 0.584. The summed E-state index contributed by atoms with van der Waals surface area (Å²) in [5, 5.41) is 8.09. The number of nitrogens with one attached hydrogen (secondary N) is 3. The summed E-state index contributed by atoms with van der Waals surface area (Å²) in [4.78, 5) is 81.9. The molecular weight excluding hydrogens is 518 g/mol. The van der Waals surface area contributed by atoms with Crippen LogP contribution in [0.15, 0.2) is 0 Å². The minimum atomic E-state index is -1.07. The van der Waals surface area contributed by atoms with Gasteiger partial charge in [0.05, 0.1) is 6.42 Å². The van der Waals surface area contributed by atoms with E-state index in [0.29, 0.717) is 19.4 Å². The maximum Gasteiger partial charge on any atom is 0.308 e. The fourth-order valence-electron chi connectivity index (χ4n) is 5.18. The second-order valence-electron chi connectivity index (χ2n) is 11.9. The van der Waals surface area contributed by atoms with E-state index in [9.17, 15) is 28.8 Å². The third-order valence-electron chi connectivity index (χ3n) is 7.35. The lowest BCUT2D eigenvalue weighted by atomic mass is 9.97. The van der Waals surface area contributed by atoms with Crippen molar-refractivity contribution in [2.24, 2.45) is 17.8 Å². The molecule has 5 atom stereocenters. The highest BCUT2D eigenvalue weighted by molar-refractivity contribution is 5.96. The van der Waals surface area contributed by atoms with Gasteiger partial charge in [-0.15, -0.1) is 0 Å². The molecule has 2 saturated heterocycles. The first kappa shape index (κ1) is 33.0. The van der Waals surface area contributed by atoms with Crippen LogP contribution in [0.4, 0.5) is 0 Å². The van der Waals surface area contributed by atoms with Crippen LogP contribution in [0.5, 0.6) is 0 Å². The van der Waals surface area contributed by atoms with Crippen molar-refractivity contribution >= 4 is 35.5 Å². The first-order valence-corrected chi connectivity index (χ1v) is 14.3. The van der Waals surface area contributed by atoms with Crippen LogP contribution in [0.25, 0.3) is 0 Å². The van der Waals surface area contributed by atoms with Gasteiger partial charge < -0.3 is 30.5 Å². The highest BCUT2D eigenvalue weighted by Crippen LogP contribution is 2.23. The Kier molecular flexibility index (Phi) is 11.9. The normalized spacial score (nSPS) is 28.5. The minimum Gasteiger partial charge on any atom is -0.452 e. The monoisotopic (exact) mass is 565 g/mol. The highest BCUT2D eigenvalue weighted by Gasteiger charge is 2.41. The Balaban J connectivity index is 2.46. The topological polar surface area (TPSA) is 154 Å². The third kappa shape index (κ3) is 8.41. The van der Waals surface area contributed by atoms with Crippen molar-refractivity contribution < 1.29 is 33.5 Å². The third-order valence-corrected chi connectivity index (χ3v) is 7.35. The molecule has 2 fully saturated rings. The van der Waals surface area contributed by atoms with Gasteiger partial charge in [0, 0.05) is 20.1 Å². The van der Waals surface area contributed by atoms with Crippen molar-refractivity contribution in [1.82, 2.24) is 25.8 Å². The number of carbonyl (C=O) groups excluding carboxylic acids is 6. The number of ether oxygens (including phenoxy) is 1. The van der Waals surface area contributed by atoms with E-state index in [0.717, 1.165) is 0 Å². The van der Waals surface area contributed by atoms with E-state index in [2.05, 4.69) is 16.0 Å². The largest absolute Gasteiger partial charge is 0.452 e. The molecule has 0 aromatic rings. The van der Waals surface area contributed by atoms with Crippen LogP contribution in [-0.4, -0.2) is 95.7 Å². The van der Waals surface area contributed by atoms with E-state index in [1.807, 2.05) is 13.8 Å². The van der Waals surface area contributed by atoms with E-state index in [1.165, 1.54) is 23.8 Å². The maximum absolute atomic E-state index is 13.7. The van der Waals surface area contributed by atoms with Crippen LogP contribution in [0.2, 0.25) is 0 Å². The Hall–Kier alpha value is -3.18. The molecule has 2 rings (SSSR count). The Bertz CT molecular complexity index is 967. The van der Waals surface area contributed by atoms with Crippen LogP contribution in [-0.2, 0) is 33.5 Å². The van der Waals surface area contributed by atoms with Crippen molar-refractivity contribution in [2.75, 3.05) is 20.1 Å². The number of cyclic esters (lactones) is 1. The first-order chi connectivity index (χ1) is 18.6. The zero-order valence-corrected chi connectivity index (χ0v) is 25.1. The summed E-state index contributed by atoms with van der Waals surface area (Å²) >= 11 is 0. The first-order valence-electron chi connectivity index (χ1n) is 14.3. The lowest BCUT2D eigenvalue weighted by molar-refractivity contribution is -0.162. The van der Waals surface area contributed by atoms with Gasteiger partial charge in [0.25, 0.3) is 5.91 Å². The molecule has 0 bridgehead atoms. The Morgan fingerprint density at radius 1 is 0.875 bits per heavy atom. The Morgan fingerprint density at radius 2 is 1.52 bits per heavy atom. The van der Waals surface area contributed by atoms with Gasteiger partial charge >= 0.3 is 5.97 Å². The fraction of sp³-hybridized carbons (Fsp3) is 0.786. The van der Waals surface area contributed by atoms with E-state index >= 15 is 0 Å². The van der Waals surface area contributed by atoms with E-state index in [1.54, 1.807) is 27.7 Å². The molecule has 0 aromatic heterocycles. The quantitative estimate of drug-likeness (QED) is 0.422. The van der Waals surface area contributed by atoms with Crippen molar-refractivity contribution in [1.29, 1.82) is 0 Å². The van der Waals surface area contributed by atoms with Crippen molar-refractivity contribution in [2.45, 2.75) is 104 Å². The molecule has 5 amide bonds. The number of hydrogen-bond donors (Lipinski definition) is 3. The van der Waals surface area contributed by atoms with Gasteiger partial charge in [-0.25, -0.2) is 0 Å². The zero-order chi connectivity index (χ0) is 30.3. The lowest BCUT2D eigenvalue weighted by Crippen LogP contribution is -2.60. The number of hydrogen-bond acceptors (Lipinski definition) is 7. The van der Waals surface area contributed by atoms with Gasteiger partial charge in [0.15, 0.2) is 6.10 Å². The Morgan fingerprint density at radius 3 is 2.10 bits per heavy atom. The number of nitrogens with zero attached hydrogens (tertiary/aromatic N) is 2. The molecule has 2 heterocycles. The number of carbonyl (C=O) groups is 6. The van der Waals surface area contributed by atoms with E-state index < -0.39 is 65.8 Å². The van der Waals surface area contributed by atoms with Gasteiger partial charge in [-0.1, -0.05) is 41.5 Å². The fourth-order valence-corrected chi connectivity index (χ4v) is 5.18. The molecule has 12 nitrogen and oxygen atoms in total. The van der Waals surface area contributed by atoms with Gasteiger partial charge in [-0.2, -0.15) is 0 Å². The second kappa shape index (κ2) is 14.5. The molecule has 2 aliphatic heterocycles. The summed E-state index contributed by atoms with van der Waals surface area (Å²) in [7, 11) is 1.51. The zero-order valence-electron chi connectivity index (χ0n) is 25.1. The summed E-state index contributed by atoms with van der Waals surface area (Å²) in [6.45, 7) is 12.8. The van der Waals surface area contributed by atoms with Crippen LogP contribution in [0.3, 0.4) is 0 Å². The molecule has 0 aromatic carbocycles. The summed E-state index contributed by atoms with van der Waals surface area (Å²) < 4.78 is 5.55. The van der Waals surface area contributed by atoms with E-state index in [-0.39, 0.29) is 37.1 Å². The van der Waals surface area contributed by atoms with Gasteiger partial charge in [-0.05, 0) is 43.9 Å². The molecule has 40 heavy (non-hydrogen) atoms. The highest BCUT2D eigenvalue weighted by atomic mass is 16.5. The average molecular weight is 566 g/mol. The average Bonchev–Trinajstić information content (AvgIpc) is 3.34. The van der Waals surface area contributed by atoms with Gasteiger partial charge in [0.1, 0.15) is 24.2 Å². The molecule has 3 N–H and O–H groups in total. The van der Waals surface area contributed by atoms with Crippen LogP contribution in [0.1, 0.15) is 74.1 Å². The molecule has 0 aliphatic carbocycles. The lowest BCUT2D eigenvalue weighted by Gasteiger charge is -2.35. The molecule has 0 radical (unpaired) electrons. The molecule has 226 valence electrons. The van der Waals surface area contributed by atoms with Crippen molar-refractivity contribution in [3.05, 3.63) is 0 Å². The summed E-state index contributed by atoms with van der Waals surface area (Å²) in [5.41, 5.74) is 0. The second-order valence-corrected chi connectivity index (χ2v) is 11.9. The minimum absolute atomic E-state index is 0.0368. The molecular formula is C28H47N5O7. The number of likely N-dealkylation sites (N-methyl/N-ethyl adjacent to an activating group) is 1. The number of fused-ring (bicyclic) bond motifs is 1. The SMILES string of the molecule is CC(C)C[C@H]1OC(=O)CCNC(=O)[C@H](C)NC(=O)[C@H](C(C)C)N(C)C(=O)[C@H](C(C)C)NC(=O)[C@@H]2CCCN2C1=O. The number of rotatable bonds is 4. The Labute approximate surface area is 237 Å². The number of amides is 5. The summed E-state index contributed by atoms with van der Waals surface area (Å²) in [6, 6.07) is -3.60. The van der Waals surface area contributed by atoms with Gasteiger partial charge in [-0.3, -0.25) is 28.8 Å². The number of esters is 1. The molecule has 0 unspecified atom stereocenters. The van der Waals surface area contributed by atoms with Crippen molar-refractivity contribution in [3.8, 4) is 0 Å². The molecule has 0 saturated carbocycles. The smallest absolute Gasteiger partial charge is 0.308 e. The van der Waals surface area contributed by atoms with Crippen molar-refractivity contribution in [3.63, 3.8) is 0 Å². The molecule has 2 aliphatic rings. The van der Waals surface area contributed by atoms with E-state index in [4.69, 9.17) is 4.74 Å². The molecule has 12 heteroatoms. The predicted molar refractivity (Wildman–Crippen MR) is 147 cm³/mol. The van der Waals surface area contributed by atoms with Crippen LogP contribution >= 0.6 is 0 Å².